The zero-order valence-electron chi connectivity index (χ0n) is 59.8. The van der Waals surface area contributed by atoms with Gasteiger partial charge in [-0.25, -0.2) is 19.9 Å². The molecule has 0 atom stereocenters. The quantitative estimate of drug-likeness (QED) is 0.137. The molecule has 0 spiro atoms. The largest absolute Gasteiger partial charge is 0.310 e. The summed E-state index contributed by atoms with van der Waals surface area (Å²) in [5.74, 6) is 1.36. The topological polar surface area (TPSA) is 64.7 Å². The summed E-state index contributed by atoms with van der Waals surface area (Å²) in [4.78, 5) is 23.8. The molecular weight excluding hydrogens is 1390 g/mol. The molecule has 518 valence electrons. The number of anilines is 3. The second-order valence-corrected chi connectivity index (χ2v) is 30.5. The van der Waals surface area contributed by atoms with Crippen LogP contribution in [0.4, 0.5) is 17.1 Å². The molecule has 0 radical (unpaired) electrons. The first-order chi connectivity index (χ1) is 55.0. The van der Waals surface area contributed by atoms with Gasteiger partial charge in [-0.1, -0.05) is 273 Å². The normalized spacial score (nSPS) is 11.8. The smallest absolute Gasteiger partial charge is 0.235 e. The fourth-order valence-electron chi connectivity index (χ4n) is 16.7. The summed E-state index contributed by atoms with van der Waals surface area (Å²) in [6.07, 6.45) is 0. The number of rotatable bonds is 10. The molecule has 0 saturated heterocycles. The highest BCUT2D eigenvalue weighted by molar-refractivity contribution is 7.27. The highest BCUT2D eigenvalue weighted by Crippen LogP contribution is 2.47. The van der Waals surface area contributed by atoms with Crippen LogP contribution in [0.1, 0.15) is 0 Å². The number of hydrogen-bond donors (Lipinski definition) is 0. The lowest BCUT2D eigenvalue weighted by atomic mass is 10.0. The Labute approximate surface area is 646 Å². The fourth-order valence-corrected chi connectivity index (χ4v) is 19.2. The molecule has 17 aromatic carbocycles. The van der Waals surface area contributed by atoms with Gasteiger partial charge in [0.2, 0.25) is 5.95 Å². The van der Waals surface area contributed by atoms with Gasteiger partial charge >= 0.3 is 0 Å². The van der Waals surface area contributed by atoms with Crippen LogP contribution >= 0.6 is 22.7 Å². The summed E-state index contributed by atoms with van der Waals surface area (Å²) in [6.45, 7) is 0. The summed E-state index contributed by atoms with van der Waals surface area (Å²) >= 11 is 3.69. The highest BCUT2D eigenvalue weighted by atomic mass is 32.1. The summed E-state index contributed by atoms with van der Waals surface area (Å²) in [7, 11) is 0. The average Bonchev–Trinajstić information content (AvgIpc) is 1.56. The van der Waals surface area contributed by atoms with Crippen molar-refractivity contribution in [3.05, 3.63) is 382 Å². The first kappa shape index (κ1) is 64.0. The number of benzene rings is 17. The van der Waals surface area contributed by atoms with Gasteiger partial charge in [0.25, 0.3) is 0 Å². The minimum absolute atomic E-state index is 0.662. The lowest BCUT2D eigenvalue weighted by Gasteiger charge is -2.26. The second-order valence-electron chi connectivity index (χ2n) is 28.4. The monoisotopic (exact) mass is 1450 g/mol. The molecule has 7 nitrogen and oxygen atoms in total. The molecule has 0 fully saturated rings. The summed E-state index contributed by atoms with van der Waals surface area (Å²) in [5, 5.41) is 17.0. The maximum Gasteiger partial charge on any atom is 0.235 e. The predicted molar refractivity (Wildman–Crippen MR) is 470 cm³/mol. The van der Waals surface area contributed by atoms with Gasteiger partial charge in [-0.2, -0.15) is 0 Å². The Morgan fingerprint density at radius 2 is 0.649 bits per heavy atom. The molecule has 6 aromatic heterocycles. The minimum atomic E-state index is 0.662. The van der Waals surface area contributed by atoms with Gasteiger partial charge in [0.15, 0.2) is 5.82 Å². The van der Waals surface area contributed by atoms with E-state index in [1.807, 2.05) is 22.7 Å². The average molecular weight is 1450 g/mol. The minimum Gasteiger partial charge on any atom is -0.310 e. The standard InChI is InChI=1S/C54H35N3S.C48H28N4S/c1-3-13-36(14-4-1)38-25-29-43(30-26-38)57(44-31-27-39(28-32-44)37-15-5-2-6-16-37)45-20-11-19-42(33-45)54-55-50-24-10-9-21-47(50)52(56-54)48-23-12-22-46-49-34-40-17-7-8-18-41(40)35-51(49)58-53(46)48;1-2-15-31(16-3-1)51-41-23-10-7-17-32(41)37-27-38-33-18-8-11-24-42(33)52(44(38)28-43(37)51)48-49-40-22-9-6-19-35(40)46(50-48)36-21-12-20-34-39-25-29-13-4-5-14-30(29)26-45(39)53-47(34)36/h1-35H;1-28H. The Kier molecular flexibility index (Phi) is 15.2. The van der Waals surface area contributed by atoms with E-state index in [0.29, 0.717) is 11.8 Å². The Balaban J connectivity index is 0.000000137. The van der Waals surface area contributed by atoms with Gasteiger partial charge < -0.3 is 9.47 Å². The third-order valence-corrected chi connectivity index (χ3v) is 24.3. The van der Waals surface area contributed by atoms with E-state index in [1.165, 1.54) is 111 Å². The zero-order chi connectivity index (χ0) is 73.0. The van der Waals surface area contributed by atoms with Crippen molar-refractivity contribution in [2.75, 3.05) is 4.90 Å². The van der Waals surface area contributed by atoms with Crippen molar-refractivity contribution in [1.82, 2.24) is 29.1 Å². The Bertz CT molecular complexity index is 7550. The van der Waals surface area contributed by atoms with Gasteiger partial charge in [0.05, 0.1) is 44.5 Å². The van der Waals surface area contributed by atoms with E-state index >= 15 is 0 Å². The first-order valence-electron chi connectivity index (χ1n) is 37.5. The molecule has 0 aliphatic carbocycles. The van der Waals surface area contributed by atoms with E-state index in [1.54, 1.807) is 0 Å². The SMILES string of the molecule is c1ccc(-c2ccc(N(c3ccc(-c4ccccc4)cc3)c3cccc(-c4nc(-c5cccc6c5sc5cc7ccccc7cc56)c5ccccc5n4)c3)cc2)cc1.c1ccc(-n2c3ccccc3c3cc4c5ccccc5n(-c5nc(-c6cccc7c6sc6cc8ccccc8cc67)c6ccccc6n5)c4cc32)cc1. The van der Waals surface area contributed by atoms with E-state index in [9.17, 15) is 0 Å². The summed E-state index contributed by atoms with van der Waals surface area (Å²) in [5.41, 5.74) is 20.4. The van der Waals surface area contributed by atoms with Gasteiger partial charge in [-0.3, -0.25) is 4.57 Å². The maximum atomic E-state index is 5.54. The Hall–Kier alpha value is -14.2. The van der Waals surface area contributed by atoms with Crippen molar-refractivity contribution in [2.45, 2.75) is 0 Å². The van der Waals surface area contributed by atoms with Crippen molar-refractivity contribution in [2.24, 2.45) is 0 Å². The van der Waals surface area contributed by atoms with Gasteiger partial charge in [-0.15, -0.1) is 22.7 Å². The molecular formula is C102H63N7S2. The molecule has 111 heavy (non-hydrogen) atoms. The van der Waals surface area contributed by atoms with Crippen LogP contribution < -0.4 is 4.90 Å². The van der Waals surface area contributed by atoms with Gasteiger partial charge in [0, 0.05) is 112 Å². The van der Waals surface area contributed by atoms with E-state index in [-0.39, 0.29) is 0 Å². The van der Waals surface area contributed by atoms with E-state index in [0.717, 1.165) is 89.2 Å². The number of para-hydroxylation sites is 5. The molecule has 0 aliphatic heterocycles. The lowest BCUT2D eigenvalue weighted by molar-refractivity contribution is 1.01. The molecule has 0 aliphatic rings. The van der Waals surface area contributed by atoms with Crippen LogP contribution in [-0.2, 0) is 0 Å². The molecule has 0 unspecified atom stereocenters. The van der Waals surface area contributed by atoms with Crippen molar-refractivity contribution in [3.8, 4) is 67.8 Å². The zero-order valence-corrected chi connectivity index (χ0v) is 61.5. The fraction of sp³-hybridized carbons (Fsp3) is 0. The van der Waals surface area contributed by atoms with Crippen LogP contribution in [0.3, 0.4) is 0 Å². The molecule has 0 saturated carbocycles. The molecule has 6 heterocycles. The predicted octanol–water partition coefficient (Wildman–Crippen LogP) is 28.3. The van der Waals surface area contributed by atoms with Crippen LogP contribution in [0.5, 0.6) is 0 Å². The lowest BCUT2D eigenvalue weighted by Crippen LogP contribution is -2.10. The molecule has 0 bridgehead atoms. The van der Waals surface area contributed by atoms with Crippen LogP contribution in [0.15, 0.2) is 382 Å². The summed E-state index contributed by atoms with van der Waals surface area (Å²) < 4.78 is 9.69. The van der Waals surface area contributed by atoms with Crippen LogP contribution in [0.25, 0.3) is 195 Å². The Morgan fingerprint density at radius 1 is 0.234 bits per heavy atom. The van der Waals surface area contributed by atoms with E-state index in [4.69, 9.17) is 19.9 Å². The molecule has 9 heteroatoms. The Morgan fingerprint density at radius 3 is 1.20 bits per heavy atom. The maximum absolute atomic E-state index is 5.54. The van der Waals surface area contributed by atoms with E-state index < -0.39 is 0 Å². The van der Waals surface area contributed by atoms with Crippen LogP contribution in [-0.4, -0.2) is 29.1 Å². The second kappa shape index (κ2) is 26.3. The molecule has 0 N–H and O–H groups in total. The number of aromatic nitrogens is 6. The third kappa shape index (κ3) is 10.9. The highest BCUT2D eigenvalue weighted by Gasteiger charge is 2.25. The van der Waals surface area contributed by atoms with Crippen molar-refractivity contribution >= 4 is 167 Å². The molecule has 0 amide bonds. The van der Waals surface area contributed by atoms with Gasteiger partial charge in [0.1, 0.15) is 0 Å². The van der Waals surface area contributed by atoms with Gasteiger partial charge in [-0.05, 0) is 153 Å². The van der Waals surface area contributed by atoms with Crippen molar-refractivity contribution < 1.29 is 0 Å². The third-order valence-electron chi connectivity index (χ3n) is 21.9. The molecule has 23 rings (SSSR count). The van der Waals surface area contributed by atoms with Crippen LogP contribution in [0.2, 0.25) is 0 Å². The van der Waals surface area contributed by atoms with E-state index in [2.05, 4.69) is 396 Å². The first-order valence-corrected chi connectivity index (χ1v) is 39.1. The summed E-state index contributed by atoms with van der Waals surface area (Å²) in [6, 6.07) is 137. The number of thiophene rings is 2. The molecule has 23 aromatic rings. The van der Waals surface area contributed by atoms with Crippen molar-refractivity contribution in [3.63, 3.8) is 0 Å². The van der Waals surface area contributed by atoms with Crippen molar-refractivity contribution in [1.29, 1.82) is 0 Å². The number of fused-ring (bicyclic) bond motifs is 16. The number of nitrogens with zero attached hydrogens (tertiary/aromatic N) is 7. The number of hydrogen-bond acceptors (Lipinski definition) is 7. The van der Waals surface area contributed by atoms with Crippen LogP contribution in [0, 0.1) is 0 Å².